The molecule has 4 nitrogen and oxygen atoms in total. The first-order chi connectivity index (χ1) is 19.4. The molecule has 2 aromatic rings. The molecule has 2 rings (SSSR count). The molecule has 0 spiro atoms. The summed E-state index contributed by atoms with van der Waals surface area (Å²) in [5.74, 6) is 0.788. The van der Waals surface area contributed by atoms with Crippen LogP contribution >= 0.6 is 0 Å². The minimum absolute atomic E-state index is 0.0167. The highest BCUT2D eigenvalue weighted by Crippen LogP contribution is 2.20. The van der Waals surface area contributed by atoms with Crippen LogP contribution in [-0.4, -0.2) is 43.3 Å². The van der Waals surface area contributed by atoms with E-state index in [1.807, 2.05) is 24.3 Å². The number of ether oxygens (including phenoxy) is 2. The number of unbranched alkanes of at least 4 members (excludes halogenated alkanes) is 10. The SMILES string of the molecule is CCCCCCCCCCCCCc1cccc(OC(C)CCOC(=O)C(CC)[N+](C)(C)Cc2ccccc2)c1. The summed E-state index contributed by atoms with van der Waals surface area (Å²) in [5.41, 5.74) is 2.57. The van der Waals surface area contributed by atoms with Gasteiger partial charge in [0, 0.05) is 18.4 Å². The summed E-state index contributed by atoms with van der Waals surface area (Å²) in [6.07, 6.45) is 17.6. The van der Waals surface area contributed by atoms with E-state index in [1.54, 1.807) is 0 Å². The van der Waals surface area contributed by atoms with Crippen molar-refractivity contribution in [3.8, 4) is 5.75 Å². The quantitative estimate of drug-likeness (QED) is 0.0829. The van der Waals surface area contributed by atoms with Crippen LogP contribution in [0.4, 0.5) is 0 Å². The highest BCUT2D eigenvalue weighted by Gasteiger charge is 2.35. The molecule has 0 saturated heterocycles. The van der Waals surface area contributed by atoms with Gasteiger partial charge in [-0.25, -0.2) is 4.79 Å². The molecule has 0 radical (unpaired) electrons. The highest BCUT2D eigenvalue weighted by atomic mass is 16.5. The molecule has 0 aromatic heterocycles. The summed E-state index contributed by atoms with van der Waals surface area (Å²) in [6.45, 7) is 7.56. The van der Waals surface area contributed by atoms with Crippen molar-refractivity contribution >= 4 is 5.97 Å². The van der Waals surface area contributed by atoms with Crippen molar-refractivity contribution in [3.63, 3.8) is 0 Å². The molecule has 2 aromatic carbocycles. The van der Waals surface area contributed by atoms with E-state index in [4.69, 9.17) is 9.47 Å². The molecule has 224 valence electrons. The Morgan fingerprint density at radius 1 is 0.775 bits per heavy atom. The van der Waals surface area contributed by atoms with E-state index in [0.717, 1.165) is 25.1 Å². The average molecular weight is 553 g/mol. The number of aryl methyl sites for hydroxylation is 1. The zero-order valence-corrected chi connectivity index (χ0v) is 26.3. The molecule has 2 unspecified atom stereocenters. The fraction of sp³-hybridized carbons (Fsp3) is 0.639. The number of nitrogens with zero attached hydrogens (tertiary/aromatic N) is 1. The maximum absolute atomic E-state index is 13.0. The molecule has 0 N–H and O–H groups in total. The molecule has 40 heavy (non-hydrogen) atoms. The van der Waals surface area contributed by atoms with E-state index >= 15 is 0 Å². The third kappa shape index (κ3) is 13.8. The van der Waals surface area contributed by atoms with Crippen LogP contribution in [0, 0.1) is 0 Å². The Kier molecular flexibility index (Phi) is 16.7. The number of hydrogen-bond acceptors (Lipinski definition) is 3. The standard InChI is InChI=1S/C36H58NO3/c1-6-8-9-10-11-12-13-14-15-16-18-22-32-25-21-26-34(29-32)40-31(3)27-28-39-36(38)35(7-2)37(4,5)30-33-23-19-17-20-24-33/h17,19-21,23-26,29,31,35H,6-16,18,22,27-28,30H2,1-5H3/q+1. The van der Waals surface area contributed by atoms with Gasteiger partial charge in [0.05, 0.1) is 26.8 Å². The summed E-state index contributed by atoms with van der Waals surface area (Å²) in [5, 5.41) is 0. The maximum atomic E-state index is 13.0. The number of carbonyl (C=O) groups is 1. The monoisotopic (exact) mass is 552 g/mol. The van der Waals surface area contributed by atoms with Gasteiger partial charge in [0.2, 0.25) is 0 Å². The van der Waals surface area contributed by atoms with E-state index in [2.05, 4.69) is 65.2 Å². The van der Waals surface area contributed by atoms with Crippen molar-refractivity contribution in [3.05, 3.63) is 65.7 Å². The second-order valence-corrected chi connectivity index (χ2v) is 12.2. The minimum Gasteiger partial charge on any atom is -0.491 e. The summed E-state index contributed by atoms with van der Waals surface area (Å²) in [6, 6.07) is 18.7. The molecule has 0 heterocycles. The van der Waals surface area contributed by atoms with Crippen LogP contribution < -0.4 is 4.74 Å². The first-order valence-corrected chi connectivity index (χ1v) is 16.1. The van der Waals surface area contributed by atoms with Crippen LogP contribution in [-0.2, 0) is 22.5 Å². The van der Waals surface area contributed by atoms with Crippen LogP contribution in [0.15, 0.2) is 54.6 Å². The molecular formula is C36H58NO3+. The fourth-order valence-corrected chi connectivity index (χ4v) is 5.59. The van der Waals surface area contributed by atoms with Gasteiger partial charge in [-0.3, -0.25) is 0 Å². The molecular weight excluding hydrogens is 494 g/mol. The Bertz CT molecular complexity index is 927. The second-order valence-electron chi connectivity index (χ2n) is 12.2. The summed E-state index contributed by atoms with van der Waals surface area (Å²) >= 11 is 0. The lowest BCUT2D eigenvalue weighted by Gasteiger charge is -2.36. The van der Waals surface area contributed by atoms with E-state index < -0.39 is 0 Å². The molecule has 0 amide bonds. The fourth-order valence-electron chi connectivity index (χ4n) is 5.59. The van der Waals surface area contributed by atoms with Gasteiger partial charge in [0.25, 0.3) is 0 Å². The number of hydrogen-bond donors (Lipinski definition) is 0. The third-order valence-electron chi connectivity index (χ3n) is 8.01. The first kappa shape index (κ1) is 33.9. The topological polar surface area (TPSA) is 35.5 Å². The van der Waals surface area contributed by atoms with Crippen LogP contribution in [0.2, 0.25) is 0 Å². The number of rotatable bonds is 22. The average Bonchev–Trinajstić information content (AvgIpc) is 2.92. The van der Waals surface area contributed by atoms with E-state index in [9.17, 15) is 4.79 Å². The summed E-state index contributed by atoms with van der Waals surface area (Å²) in [7, 11) is 4.22. The lowest BCUT2D eigenvalue weighted by Crippen LogP contribution is -2.52. The number of benzene rings is 2. The Balaban J connectivity index is 1.64. The van der Waals surface area contributed by atoms with Gasteiger partial charge in [-0.05, 0) is 37.5 Å². The molecule has 0 bridgehead atoms. The molecule has 0 fully saturated rings. The van der Waals surface area contributed by atoms with Crippen molar-refractivity contribution in [2.75, 3.05) is 20.7 Å². The molecule has 0 aliphatic carbocycles. The number of quaternary nitrogens is 1. The smallest absolute Gasteiger partial charge is 0.364 e. The molecule has 0 aliphatic heterocycles. The van der Waals surface area contributed by atoms with Crippen LogP contribution in [0.1, 0.15) is 115 Å². The summed E-state index contributed by atoms with van der Waals surface area (Å²) in [4.78, 5) is 13.0. The van der Waals surface area contributed by atoms with Crippen molar-refractivity contribution in [2.45, 2.75) is 129 Å². The van der Waals surface area contributed by atoms with Crippen molar-refractivity contribution in [1.82, 2.24) is 0 Å². The zero-order chi connectivity index (χ0) is 29.1. The Morgan fingerprint density at radius 3 is 2.00 bits per heavy atom. The first-order valence-electron chi connectivity index (χ1n) is 16.1. The highest BCUT2D eigenvalue weighted by molar-refractivity contribution is 5.74. The Labute approximate surface area is 246 Å². The maximum Gasteiger partial charge on any atom is 0.364 e. The predicted octanol–water partition coefficient (Wildman–Crippen LogP) is 9.30. The minimum atomic E-state index is -0.191. The lowest BCUT2D eigenvalue weighted by molar-refractivity contribution is -0.919. The Hall–Kier alpha value is -2.33. The van der Waals surface area contributed by atoms with Gasteiger partial charge < -0.3 is 14.0 Å². The van der Waals surface area contributed by atoms with Crippen LogP contribution in [0.3, 0.4) is 0 Å². The zero-order valence-electron chi connectivity index (χ0n) is 26.3. The van der Waals surface area contributed by atoms with Crippen molar-refractivity contribution in [1.29, 1.82) is 0 Å². The number of esters is 1. The van der Waals surface area contributed by atoms with Gasteiger partial charge >= 0.3 is 5.97 Å². The molecule has 2 atom stereocenters. The molecule has 0 saturated carbocycles. The van der Waals surface area contributed by atoms with Gasteiger partial charge in [-0.15, -0.1) is 0 Å². The lowest BCUT2D eigenvalue weighted by atomic mass is 10.0. The summed E-state index contributed by atoms with van der Waals surface area (Å²) < 4.78 is 12.5. The van der Waals surface area contributed by atoms with Crippen molar-refractivity contribution in [2.24, 2.45) is 0 Å². The Morgan fingerprint density at radius 2 is 1.38 bits per heavy atom. The van der Waals surface area contributed by atoms with Gasteiger partial charge in [0.15, 0.2) is 6.04 Å². The predicted molar refractivity (Wildman–Crippen MR) is 169 cm³/mol. The van der Waals surface area contributed by atoms with E-state index in [-0.39, 0.29) is 18.1 Å². The largest absolute Gasteiger partial charge is 0.491 e. The van der Waals surface area contributed by atoms with E-state index in [0.29, 0.717) is 17.5 Å². The normalized spacial score (nSPS) is 13.1. The number of carbonyl (C=O) groups excluding carboxylic acids is 1. The second kappa shape index (κ2) is 19.7. The van der Waals surface area contributed by atoms with E-state index in [1.165, 1.54) is 81.8 Å². The van der Waals surface area contributed by atoms with Gasteiger partial charge in [-0.2, -0.15) is 0 Å². The molecule has 4 heteroatoms. The number of likely N-dealkylation sites (N-methyl/N-ethyl adjacent to an activating group) is 1. The van der Waals surface area contributed by atoms with Crippen LogP contribution in [0.5, 0.6) is 5.75 Å². The van der Waals surface area contributed by atoms with Crippen molar-refractivity contribution < 1.29 is 18.8 Å². The molecule has 0 aliphatic rings. The third-order valence-corrected chi connectivity index (χ3v) is 8.01. The van der Waals surface area contributed by atoms with Gasteiger partial charge in [-0.1, -0.05) is 121 Å². The van der Waals surface area contributed by atoms with Gasteiger partial charge in [0.1, 0.15) is 12.3 Å². The van der Waals surface area contributed by atoms with Crippen LogP contribution in [0.25, 0.3) is 0 Å².